The van der Waals surface area contributed by atoms with Crippen molar-refractivity contribution in [1.29, 1.82) is 0 Å². The molecule has 0 fully saturated rings. The fourth-order valence-corrected chi connectivity index (χ4v) is 7.70. The number of fused-ring (bicyclic) bond motifs is 2. The van der Waals surface area contributed by atoms with Crippen molar-refractivity contribution in [3.63, 3.8) is 0 Å². The summed E-state index contributed by atoms with van der Waals surface area (Å²) >= 11 is 18.5. The van der Waals surface area contributed by atoms with E-state index in [-0.39, 0.29) is 11.0 Å². The van der Waals surface area contributed by atoms with Gasteiger partial charge in [-0.2, -0.15) is 16.8 Å². The highest BCUT2D eigenvalue weighted by atomic mass is 36.0. The standard InChI is InChI=1S/C23H18ClN5O.C23H19N5O2.Cl3OP.2O2S/c1-13-11-25-23(24)27-21(13)18-12-29(16-7-5-4-6-8-16)22-17(18)9-10-19(26-22)20-14(2)28-30-15(20)3;1-13-11-24-23(29)26-21(13)18-12-28(16-7-5-4-6-8-16)22-17(18)9-10-19(25-22)20-14(2)27-30-15(20)3;1-5(2,3)4;2*1-3-2/h4-12H,1-3H3;4-12H,1-3H3,(H,24,26,29);;;. The first kappa shape index (κ1) is 53.6. The van der Waals surface area contributed by atoms with Gasteiger partial charge in [-0.15, -0.1) is 0 Å². The molecule has 10 aromatic rings. The van der Waals surface area contributed by atoms with E-state index in [0.717, 1.165) is 113 Å². The molecule has 71 heavy (non-hydrogen) atoms. The van der Waals surface area contributed by atoms with Gasteiger partial charge in [-0.25, -0.2) is 29.7 Å². The number of para-hydroxylation sites is 2. The predicted molar refractivity (Wildman–Crippen MR) is 274 cm³/mol. The summed E-state index contributed by atoms with van der Waals surface area (Å²) in [5.41, 5.74) is 13.5. The molecule has 0 spiro atoms. The normalized spacial score (nSPS) is 10.7. The topological polar surface area (TPSA) is 245 Å². The van der Waals surface area contributed by atoms with E-state index in [0.29, 0.717) is 0 Å². The summed E-state index contributed by atoms with van der Waals surface area (Å²) in [5.74, 6) is 1.47. The van der Waals surface area contributed by atoms with Crippen molar-refractivity contribution in [1.82, 2.24) is 49.4 Å². The second-order valence-electron chi connectivity index (χ2n) is 15.0. The lowest BCUT2D eigenvalue weighted by Crippen LogP contribution is -2.11. The number of benzene rings is 2. The first-order valence-electron chi connectivity index (χ1n) is 20.5. The van der Waals surface area contributed by atoms with Crippen LogP contribution in [-0.4, -0.2) is 66.2 Å². The van der Waals surface area contributed by atoms with Gasteiger partial charge in [-0.05, 0) is 147 Å². The minimum absolute atomic E-state index is 0.219. The largest absolute Gasteiger partial charge is 0.361 e. The molecule has 2 aromatic carbocycles. The number of nitrogens with zero attached hydrogens (tertiary/aromatic N) is 9. The van der Waals surface area contributed by atoms with Gasteiger partial charge in [0.05, 0.1) is 45.3 Å². The van der Waals surface area contributed by atoms with Crippen LogP contribution in [0.5, 0.6) is 0 Å². The summed E-state index contributed by atoms with van der Waals surface area (Å²) in [7, 11) is 0. The molecule has 18 nitrogen and oxygen atoms in total. The first-order valence-corrected chi connectivity index (χ1v) is 26.6. The molecule has 8 heterocycles. The van der Waals surface area contributed by atoms with E-state index in [1.807, 2.05) is 131 Å². The van der Waals surface area contributed by atoms with E-state index in [1.54, 1.807) is 12.4 Å². The van der Waals surface area contributed by atoms with Gasteiger partial charge >= 0.3 is 34.0 Å². The molecule has 0 aliphatic rings. The minimum atomic E-state index is -3.22. The van der Waals surface area contributed by atoms with Gasteiger partial charge in [-0.3, -0.25) is 4.57 Å². The van der Waals surface area contributed by atoms with Crippen LogP contribution in [0.2, 0.25) is 5.28 Å². The number of H-pyrrole nitrogens is 1. The molecular weight excluding hydrogens is 1060 g/mol. The number of rotatable bonds is 6. The van der Waals surface area contributed by atoms with Crippen LogP contribution in [0.4, 0.5) is 0 Å². The van der Waals surface area contributed by atoms with Crippen LogP contribution in [0.15, 0.2) is 124 Å². The van der Waals surface area contributed by atoms with E-state index >= 15 is 0 Å². The van der Waals surface area contributed by atoms with Crippen LogP contribution in [0, 0.1) is 41.5 Å². The maximum Gasteiger partial charge on any atom is 0.345 e. The zero-order chi connectivity index (χ0) is 51.6. The van der Waals surface area contributed by atoms with Crippen molar-refractivity contribution in [3.05, 3.63) is 160 Å². The van der Waals surface area contributed by atoms with E-state index in [1.165, 1.54) is 0 Å². The minimum Gasteiger partial charge on any atom is -0.361 e. The molecule has 0 unspecified atom stereocenters. The summed E-state index contributed by atoms with van der Waals surface area (Å²) in [5, 5.41) is 7.04. The second-order valence-corrected chi connectivity index (χ2v) is 22.2. The van der Waals surface area contributed by atoms with Gasteiger partial charge in [0, 0.05) is 58.1 Å². The summed E-state index contributed by atoms with van der Waals surface area (Å²) in [6.07, 6.45) is 7.38. The maximum absolute atomic E-state index is 11.9. The molecule has 25 heteroatoms. The van der Waals surface area contributed by atoms with Crippen molar-refractivity contribution in [2.75, 3.05) is 0 Å². The fraction of sp³-hybridized carbons (Fsp3) is 0.130. The predicted octanol–water partition coefficient (Wildman–Crippen LogP) is 11.5. The molecule has 0 bridgehead atoms. The average molecular weight is 1090 g/mol. The van der Waals surface area contributed by atoms with Crippen LogP contribution < -0.4 is 5.69 Å². The van der Waals surface area contributed by atoms with E-state index < -0.39 is 28.3 Å². The third-order valence-corrected chi connectivity index (χ3v) is 10.6. The van der Waals surface area contributed by atoms with Crippen molar-refractivity contribution in [3.8, 4) is 56.4 Å². The highest BCUT2D eigenvalue weighted by molar-refractivity contribution is 8.24. The molecule has 0 atom stereocenters. The molecule has 364 valence electrons. The highest BCUT2D eigenvalue weighted by Crippen LogP contribution is 2.61. The summed E-state index contributed by atoms with van der Waals surface area (Å²) < 4.78 is 57.5. The number of hydrogen-bond donors (Lipinski definition) is 1. The Morgan fingerprint density at radius 3 is 1.45 bits per heavy atom. The van der Waals surface area contributed by atoms with Gasteiger partial charge in [0.1, 0.15) is 22.8 Å². The van der Waals surface area contributed by atoms with Crippen molar-refractivity contribution in [2.24, 2.45) is 0 Å². The van der Waals surface area contributed by atoms with E-state index in [2.05, 4.69) is 80.8 Å². The molecule has 8 aromatic heterocycles. The number of pyridine rings is 2. The Bertz CT molecular complexity index is 3640. The van der Waals surface area contributed by atoms with Crippen LogP contribution in [-0.2, 0) is 27.7 Å². The number of aryl methyl sites for hydroxylation is 6. The summed E-state index contributed by atoms with van der Waals surface area (Å²) in [4.78, 5) is 37.2. The molecule has 0 amide bonds. The molecule has 0 aliphatic heterocycles. The maximum atomic E-state index is 11.9. The van der Waals surface area contributed by atoms with Crippen molar-refractivity contribution >= 4 is 95.7 Å². The zero-order valence-electron chi connectivity index (χ0n) is 38.0. The van der Waals surface area contributed by atoms with Gasteiger partial charge in [0.15, 0.2) is 0 Å². The summed E-state index contributed by atoms with van der Waals surface area (Å²) in [6, 6.07) is 28.1. The molecule has 0 saturated heterocycles. The lowest BCUT2D eigenvalue weighted by atomic mass is 10.1. The third kappa shape index (κ3) is 13.0. The lowest BCUT2D eigenvalue weighted by Gasteiger charge is -2.06. The number of halogens is 4. The first-order chi connectivity index (χ1) is 33.9. The van der Waals surface area contributed by atoms with Gasteiger partial charge < -0.3 is 23.2 Å². The Hall–Kier alpha value is -6.77. The van der Waals surface area contributed by atoms with Crippen LogP contribution in [0.1, 0.15) is 34.0 Å². The SMILES string of the molecule is Cc1cnc(=O)[nH]c1-c1cn(-c2ccccc2)c2nc(-c3c(C)noc3C)ccc12.Cc1cnc(Cl)nc1-c1cn(-c2ccccc2)c2nc(-c3c(C)noc3C)ccc12.O=P(Cl)(Cl)Cl.O=S=O.O=S=O. The Morgan fingerprint density at radius 2 is 1.01 bits per heavy atom. The molecule has 10 rings (SSSR count). The average Bonchev–Trinajstić information content (AvgIpc) is 4.10. The van der Waals surface area contributed by atoms with Gasteiger partial charge in [0.2, 0.25) is 5.28 Å². The van der Waals surface area contributed by atoms with Crippen molar-refractivity contribution < 1.29 is 30.4 Å². The smallest absolute Gasteiger partial charge is 0.345 e. The fourth-order valence-electron chi connectivity index (χ4n) is 7.57. The van der Waals surface area contributed by atoms with E-state index in [9.17, 15) is 9.36 Å². The Labute approximate surface area is 430 Å². The lowest BCUT2D eigenvalue weighted by molar-refractivity contribution is 0.393. The molecule has 1 N–H and O–H groups in total. The Morgan fingerprint density at radius 1 is 0.592 bits per heavy atom. The quantitative estimate of drug-likeness (QED) is 0.120. The third-order valence-electron chi connectivity index (χ3n) is 10.4. The molecule has 0 radical (unpaired) electrons. The van der Waals surface area contributed by atoms with Crippen LogP contribution in [0.3, 0.4) is 0 Å². The van der Waals surface area contributed by atoms with Gasteiger partial charge in [0.25, 0.3) is 0 Å². The molecule has 0 saturated carbocycles. The number of nitrogens with one attached hydrogen (secondary N) is 1. The molecule has 0 aliphatic carbocycles. The monoisotopic (exact) mass is 1090 g/mol. The number of hydrogen-bond acceptors (Lipinski definition) is 15. The Balaban J connectivity index is 0.000000193. The summed E-state index contributed by atoms with van der Waals surface area (Å²) in [6.45, 7) is 11.5. The molecular formula is C46H37Cl4N10O8PS2. The van der Waals surface area contributed by atoms with Crippen molar-refractivity contribution in [2.45, 2.75) is 41.5 Å². The Kier molecular flexibility index (Phi) is 18.0. The number of aromatic nitrogens is 10. The second kappa shape index (κ2) is 23.9. The zero-order valence-corrected chi connectivity index (χ0v) is 43.5. The van der Waals surface area contributed by atoms with Crippen LogP contribution >= 0.6 is 50.5 Å². The van der Waals surface area contributed by atoms with Gasteiger partial charge in [-0.1, -0.05) is 46.7 Å². The number of aromatic amines is 1. The van der Waals surface area contributed by atoms with E-state index in [4.69, 9.17) is 47.5 Å². The highest BCUT2D eigenvalue weighted by Gasteiger charge is 2.21. The van der Waals surface area contributed by atoms with Crippen LogP contribution in [0.25, 0.3) is 78.5 Å².